The summed E-state index contributed by atoms with van der Waals surface area (Å²) in [6.07, 6.45) is 6.01. The predicted octanol–water partition coefficient (Wildman–Crippen LogP) is 3.34. The minimum Gasteiger partial charge on any atom is -0.396 e. The molecule has 2 fully saturated rings. The summed E-state index contributed by atoms with van der Waals surface area (Å²) in [5.41, 5.74) is 1.30. The lowest BCUT2D eigenvalue weighted by molar-refractivity contribution is 0.179. The highest BCUT2D eigenvalue weighted by Crippen LogP contribution is 2.41. The van der Waals surface area contributed by atoms with Gasteiger partial charge in [0.1, 0.15) is 0 Å². The van der Waals surface area contributed by atoms with Gasteiger partial charge < -0.3 is 10.4 Å². The monoisotopic (exact) mass is 279 g/mol. The molecule has 2 aliphatic rings. The molecular formula is C16H22ClNO. The molecule has 2 saturated carbocycles. The zero-order chi connectivity index (χ0) is 13.2. The summed E-state index contributed by atoms with van der Waals surface area (Å²) in [5, 5.41) is 14.0. The molecule has 2 N–H and O–H groups in total. The van der Waals surface area contributed by atoms with Gasteiger partial charge in [0.15, 0.2) is 0 Å². The Bertz CT molecular complexity index is 431. The minimum atomic E-state index is 0.332. The van der Waals surface area contributed by atoms with Crippen LogP contribution in [0.3, 0.4) is 0 Å². The number of rotatable bonds is 4. The van der Waals surface area contributed by atoms with Crippen molar-refractivity contribution in [2.24, 2.45) is 5.92 Å². The first-order valence-corrected chi connectivity index (χ1v) is 7.77. The Balaban J connectivity index is 1.52. The summed E-state index contributed by atoms with van der Waals surface area (Å²) >= 11 is 6.24. The molecular weight excluding hydrogens is 258 g/mol. The van der Waals surface area contributed by atoms with Gasteiger partial charge in [0.2, 0.25) is 0 Å². The predicted molar refractivity (Wildman–Crippen MR) is 78.6 cm³/mol. The molecule has 0 saturated heterocycles. The van der Waals surface area contributed by atoms with Crippen LogP contribution in [0.1, 0.15) is 43.6 Å². The van der Waals surface area contributed by atoms with E-state index in [1.54, 1.807) is 0 Å². The third kappa shape index (κ3) is 2.81. The average Bonchev–Trinajstić information content (AvgIpc) is 2.82. The summed E-state index contributed by atoms with van der Waals surface area (Å²) in [6, 6.07) is 9.33. The van der Waals surface area contributed by atoms with Crippen molar-refractivity contribution < 1.29 is 5.11 Å². The van der Waals surface area contributed by atoms with Crippen molar-refractivity contribution in [1.29, 1.82) is 0 Å². The number of benzene rings is 1. The van der Waals surface area contributed by atoms with E-state index in [4.69, 9.17) is 11.6 Å². The van der Waals surface area contributed by atoms with Crippen LogP contribution < -0.4 is 5.32 Å². The van der Waals surface area contributed by atoms with Gasteiger partial charge in [0.25, 0.3) is 0 Å². The number of nitrogens with one attached hydrogen (secondary N) is 1. The topological polar surface area (TPSA) is 32.3 Å². The minimum absolute atomic E-state index is 0.332. The lowest BCUT2D eigenvalue weighted by Crippen LogP contribution is -2.47. The molecule has 2 aliphatic carbocycles. The summed E-state index contributed by atoms with van der Waals surface area (Å²) in [4.78, 5) is 0. The zero-order valence-electron chi connectivity index (χ0n) is 11.2. The van der Waals surface area contributed by atoms with E-state index >= 15 is 0 Å². The van der Waals surface area contributed by atoms with E-state index in [1.807, 2.05) is 12.1 Å². The van der Waals surface area contributed by atoms with Crippen LogP contribution in [0, 0.1) is 5.92 Å². The Labute approximate surface area is 120 Å². The largest absolute Gasteiger partial charge is 0.396 e. The molecule has 19 heavy (non-hydrogen) atoms. The number of aliphatic hydroxyl groups is 1. The van der Waals surface area contributed by atoms with Crippen LogP contribution in [0.25, 0.3) is 0 Å². The van der Waals surface area contributed by atoms with Crippen LogP contribution in [0.15, 0.2) is 24.3 Å². The zero-order valence-corrected chi connectivity index (χ0v) is 11.9. The number of halogens is 1. The second-order valence-electron chi connectivity index (χ2n) is 6.03. The van der Waals surface area contributed by atoms with Crippen molar-refractivity contribution in [3.8, 4) is 0 Å². The molecule has 2 nitrogen and oxygen atoms in total. The number of hydrogen-bond donors (Lipinski definition) is 2. The SMILES string of the molecule is OCC1CCCC1NC1CC(c2ccccc2Cl)C1. The Hall–Kier alpha value is -0.570. The molecule has 3 heteroatoms. The van der Waals surface area contributed by atoms with E-state index in [0.29, 0.717) is 30.5 Å². The molecule has 3 rings (SSSR count). The highest BCUT2D eigenvalue weighted by molar-refractivity contribution is 6.31. The molecule has 0 amide bonds. The van der Waals surface area contributed by atoms with Gasteiger partial charge in [-0.25, -0.2) is 0 Å². The molecule has 0 bridgehead atoms. The molecule has 0 radical (unpaired) electrons. The molecule has 0 aromatic heterocycles. The van der Waals surface area contributed by atoms with Crippen LogP contribution in [-0.2, 0) is 0 Å². The van der Waals surface area contributed by atoms with Gasteiger partial charge in [-0.2, -0.15) is 0 Å². The Morgan fingerprint density at radius 3 is 2.74 bits per heavy atom. The van der Waals surface area contributed by atoms with Gasteiger partial charge in [-0.1, -0.05) is 36.2 Å². The van der Waals surface area contributed by atoms with Gasteiger partial charge in [0.05, 0.1) is 0 Å². The fraction of sp³-hybridized carbons (Fsp3) is 0.625. The highest BCUT2D eigenvalue weighted by Gasteiger charge is 2.35. The molecule has 0 heterocycles. The quantitative estimate of drug-likeness (QED) is 0.886. The van der Waals surface area contributed by atoms with E-state index in [1.165, 1.54) is 37.7 Å². The summed E-state index contributed by atoms with van der Waals surface area (Å²) < 4.78 is 0. The van der Waals surface area contributed by atoms with Gasteiger partial charge in [-0.3, -0.25) is 0 Å². The van der Waals surface area contributed by atoms with Crippen molar-refractivity contribution in [1.82, 2.24) is 5.32 Å². The molecule has 0 spiro atoms. The molecule has 1 aromatic carbocycles. The van der Waals surface area contributed by atoms with Crippen LogP contribution in [0.5, 0.6) is 0 Å². The Morgan fingerprint density at radius 1 is 1.21 bits per heavy atom. The van der Waals surface area contributed by atoms with Crippen LogP contribution >= 0.6 is 11.6 Å². The second-order valence-corrected chi connectivity index (χ2v) is 6.44. The Kier molecular flexibility index (Phi) is 4.11. The third-order valence-corrected chi connectivity index (χ3v) is 5.17. The van der Waals surface area contributed by atoms with Gasteiger partial charge in [-0.05, 0) is 49.1 Å². The Morgan fingerprint density at radius 2 is 2.00 bits per heavy atom. The van der Waals surface area contributed by atoms with E-state index in [2.05, 4.69) is 17.4 Å². The normalized spacial score (nSPS) is 34.2. The summed E-state index contributed by atoms with van der Waals surface area (Å²) in [7, 11) is 0. The van der Waals surface area contributed by atoms with Crippen molar-refractivity contribution in [3.63, 3.8) is 0 Å². The third-order valence-electron chi connectivity index (χ3n) is 4.83. The molecule has 2 unspecified atom stereocenters. The molecule has 0 aliphatic heterocycles. The maximum Gasteiger partial charge on any atom is 0.0474 e. The fourth-order valence-electron chi connectivity index (χ4n) is 3.59. The summed E-state index contributed by atoms with van der Waals surface area (Å²) in [5.74, 6) is 1.08. The van der Waals surface area contributed by atoms with Crippen molar-refractivity contribution in [2.45, 2.75) is 50.1 Å². The number of hydrogen-bond acceptors (Lipinski definition) is 2. The standard InChI is InChI=1S/C16H22ClNO/c17-15-6-2-1-5-14(15)12-8-13(9-12)18-16-7-3-4-11(16)10-19/h1-2,5-6,11-13,16,18-19H,3-4,7-10H2. The second kappa shape index (κ2) is 5.82. The van der Waals surface area contributed by atoms with Gasteiger partial charge in [0, 0.05) is 23.7 Å². The van der Waals surface area contributed by atoms with Crippen molar-refractivity contribution in [3.05, 3.63) is 34.9 Å². The van der Waals surface area contributed by atoms with Crippen LogP contribution in [0.2, 0.25) is 5.02 Å². The van der Waals surface area contributed by atoms with Crippen molar-refractivity contribution >= 4 is 11.6 Å². The number of aliphatic hydroxyl groups excluding tert-OH is 1. The van der Waals surface area contributed by atoms with E-state index in [-0.39, 0.29) is 0 Å². The maximum absolute atomic E-state index is 9.35. The lowest BCUT2D eigenvalue weighted by atomic mass is 9.75. The first-order chi connectivity index (χ1) is 9.28. The molecule has 2 atom stereocenters. The maximum atomic E-state index is 9.35. The smallest absolute Gasteiger partial charge is 0.0474 e. The molecule has 1 aromatic rings. The first-order valence-electron chi connectivity index (χ1n) is 7.39. The molecule has 104 valence electrons. The van der Waals surface area contributed by atoms with Crippen LogP contribution in [0.4, 0.5) is 0 Å². The van der Waals surface area contributed by atoms with E-state index in [9.17, 15) is 5.11 Å². The fourth-order valence-corrected chi connectivity index (χ4v) is 3.88. The van der Waals surface area contributed by atoms with Crippen molar-refractivity contribution in [2.75, 3.05) is 6.61 Å². The van der Waals surface area contributed by atoms with Gasteiger partial charge in [-0.15, -0.1) is 0 Å². The lowest BCUT2D eigenvalue weighted by Gasteiger charge is -2.39. The average molecular weight is 280 g/mol. The van der Waals surface area contributed by atoms with Crippen LogP contribution in [-0.4, -0.2) is 23.8 Å². The van der Waals surface area contributed by atoms with E-state index < -0.39 is 0 Å². The van der Waals surface area contributed by atoms with E-state index in [0.717, 1.165) is 5.02 Å². The first kappa shape index (κ1) is 13.4. The highest BCUT2D eigenvalue weighted by atomic mass is 35.5. The summed E-state index contributed by atoms with van der Waals surface area (Å²) in [6.45, 7) is 0.332. The van der Waals surface area contributed by atoms with Gasteiger partial charge >= 0.3 is 0 Å².